The van der Waals surface area contributed by atoms with E-state index in [-0.39, 0.29) is 5.56 Å². The van der Waals surface area contributed by atoms with Crippen LogP contribution in [0.2, 0.25) is 0 Å². The van der Waals surface area contributed by atoms with E-state index in [1.54, 1.807) is 7.11 Å². The summed E-state index contributed by atoms with van der Waals surface area (Å²) in [5, 5.41) is 0. The highest BCUT2D eigenvalue weighted by molar-refractivity contribution is 9.10. The van der Waals surface area contributed by atoms with Crippen LogP contribution >= 0.6 is 15.9 Å². The normalized spacial score (nSPS) is 19.1. The van der Waals surface area contributed by atoms with Crippen LogP contribution in [0.4, 0.5) is 0 Å². The van der Waals surface area contributed by atoms with E-state index in [1.165, 1.54) is 0 Å². The van der Waals surface area contributed by atoms with Gasteiger partial charge >= 0.3 is 0 Å². The molecule has 1 heterocycles. The van der Waals surface area contributed by atoms with Crippen LogP contribution < -0.4 is 5.56 Å². The predicted octanol–water partition coefficient (Wildman–Crippen LogP) is 2.68. The molecule has 1 aliphatic carbocycles. The molecule has 0 bridgehead atoms. The Morgan fingerprint density at radius 3 is 2.71 bits per heavy atom. The second-order valence-electron chi connectivity index (χ2n) is 4.68. The first-order valence-corrected chi connectivity index (χ1v) is 6.66. The van der Waals surface area contributed by atoms with Crippen LogP contribution in [0.3, 0.4) is 0 Å². The van der Waals surface area contributed by atoms with Crippen molar-refractivity contribution < 1.29 is 4.74 Å². The van der Waals surface area contributed by atoms with Crippen LogP contribution in [0.25, 0.3) is 0 Å². The Bertz CT molecular complexity index is 476. The third-order valence-electron chi connectivity index (χ3n) is 3.48. The fourth-order valence-corrected chi connectivity index (χ4v) is 2.27. The molecule has 1 N–H and O–H groups in total. The molecule has 0 saturated heterocycles. The first kappa shape index (κ1) is 12.8. The molecule has 1 unspecified atom stereocenters. The lowest BCUT2D eigenvalue weighted by Crippen LogP contribution is -2.30. The summed E-state index contributed by atoms with van der Waals surface area (Å²) in [5.74, 6) is 1.06. The molecule has 1 atom stereocenters. The molecular formula is C12H17BrN2O2. The van der Waals surface area contributed by atoms with Crippen molar-refractivity contribution in [3.05, 3.63) is 26.3 Å². The number of rotatable bonds is 4. The summed E-state index contributed by atoms with van der Waals surface area (Å²) in [6.45, 7) is 3.96. The van der Waals surface area contributed by atoms with E-state index in [9.17, 15) is 4.79 Å². The summed E-state index contributed by atoms with van der Waals surface area (Å²) in [5.41, 5.74) is 0.234. The Morgan fingerprint density at radius 1 is 1.59 bits per heavy atom. The smallest absolute Gasteiger partial charge is 0.265 e. The molecule has 0 amide bonds. The Morgan fingerprint density at radius 2 is 2.24 bits per heavy atom. The highest BCUT2D eigenvalue weighted by Crippen LogP contribution is 2.41. The molecule has 2 rings (SSSR count). The summed E-state index contributed by atoms with van der Waals surface area (Å²) >= 11 is 3.32. The third-order valence-corrected chi connectivity index (χ3v) is 4.24. The van der Waals surface area contributed by atoms with E-state index in [1.807, 2.05) is 13.8 Å². The molecule has 4 nitrogen and oxygen atoms in total. The SMILES string of the molecule is CCC(C)(OC)c1nc(C2CC2)c(Br)c(=O)[nH]1. The number of nitrogens with one attached hydrogen (secondary N) is 1. The molecule has 1 saturated carbocycles. The van der Waals surface area contributed by atoms with Gasteiger partial charge in [0.25, 0.3) is 5.56 Å². The van der Waals surface area contributed by atoms with Gasteiger partial charge in [-0.15, -0.1) is 0 Å². The number of hydrogen-bond donors (Lipinski definition) is 1. The topological polar surface area (TPSA) is 55.0 Å². The average Bonchev–Trinajstić information content (AvgIpc) is 3.15. The van der Waals surface area contributed by atoms with Gasteiger partial charge in [-0.25, -0.2) is 4.98 Å². The van der Waals surface area contributed by atoms with Crippen LogP contribution in [-0.4, -0.2) is 17.1 Å². The van der Waals surface area contributed by atoms with E-state index in [0.717, 1.165) is 25.0 Å². The molecule has 1 aliphatic rings. The molecule has 94 valence electrons. The minimum Gasteiger partial charge on any atom is -0.371 e. The second kappa shape index (κ2) is 4.53. The maximum Gasteiger partial charge on any atom is 0.265 e. The zero-order valence-electron chi connectivity index (χ0n) is 10.3. The molecule has 1 fully saturated rings. The molecular weight excluding hydrogens is 284 g/mol. The summed E-state index contributed by atoms with van der Waals surface area (Å²) in [6, 6.07) is 0. The molecule has 1 aromatic heterocycles. The van der Waals surface area contributed by atoms with Gasteiger partial charge in [0.15, 0.2) is 0 Å². The molecule has 0 radical (unpaired) electrons. The van der Waals surface area contributed by atoms with E-state index in [4.69, 9.17) is 4.74 Å². The van der Waals surface area contributed by atoms with Crippen molar-refractivity contribution in [2.24, 2.45) is 0 Å². The van der Waals surface area contributed by atoms with E-state index < -0.39 is 5.60 Å². The molecule has 0 aliphatic heterocycles. The Hall–Kier alpha value is -0.680. The Balaban J connectivity index is 2.52. The summed E-state index contributed by atoms with van der Waals surface area (Å²) < 4.78 is 6.04. The molecule has 17 heavy (non-hydrogen) atoms. The largest absolute Gasteiger partial charge is 0.371 e. The molecule has 0 spiro atoms. The van der Waals surface area contributed by atoms with E-state index >= 15 is 0 Å². The lowest BCUT2D eigenvalue weighted by atomic mass is 10.0. The third kappa shape index (κ3) is 2.31. The predicted molar refractivity (Wildman–Crippen MR) is 69.2 cm³/mol. The van der Waals surface area contributed by atoms with Crippen LogP contribution in [0.15, 0.2) is 9.27 Å². The highest BCUT2D eigenvalue weighted by Gasteiger charge is 2.33. The van der Waals surface area contributed by atoms with Gasteiger partial charge in [-0.3, -0.25) is 4.79 Å². The van der Waals surface area contributed by atoms with Gasteiger partial charge in [-0.05, 0) is 42.1 Å². The summed E-state index contributed by atoms with van der Waals surface area (Å²) in [6.07, 6.45) is 2.99. The van der Waals surface area contributed by atoms with Crippen LogP contribution in [0, 0.1) is 0 Å². The summed E-state index contributed by atoms with van der Waals surface area (Å²) in [4.78, 5) is 19.3. The van der Waals surface area contributed by atoms with Crippen molar-refractivity contribution in [3.63, 3.8) is 0 Å². The molecule has 0 aromatic carbocycles. The van der Waals surface area contributed by atoms with Crippen LogP contribution in [0.5, 0.6) is 0 Å². The lowest BCUT2D eigenvalue weighted by Gasteiger charge is -2.25. The van der Waals surface area contributed by atoms with E-state index in [2.05, 4.69) is 25.9 Å². The number of hydrogen-bond acceptors (Lipinski definition) is 3. The number of ether oxygens (including phenoxy) is 1. The first-order valence-electron chi connectivity index (χ1n) is 5.87. The molecule has 1 aromatic rings. The van der Waals surface area contributed by atoms with Gasteiger partial charge in [0, 0.05) is 13.0 Å². The number of H-pyrrole nitrogens is 1. The number of aromatic nitrogens is 2. The minimum absolute atomic E-state index is 0.117. The highest BCUT2D eigenvalue weighted by atomic mass is 79.9. The standard InChI is InChI=1S/C12H17BrN2O2/c1-4-12(2,17-3)11-14-9(7-5-6-7)8(13)10(16)15-11/h7H,4-6H2,1-3H3,(H,14,15,16). The maximum atomic E-state index is 11.9. The molecule has 5 heteroatoms. The van der Waals surface area contributed by atoms with Crippen LogP contribution in [-0.2, 0) is 10.3 Å². The first-order chi connectivity index (χ1) is 8.01. The number of aromatic amines is 1. The quantitative estimate of drug-likeness (QED) is 0.930. The van der Waals surface area contributed by atoms with Gasteiger partial charge < -0.3 is 9.72 Å². The van der Waals surface area contributed by atoms with Crippen molar-refractivity contribution in [3.8, 4) is 0 Å². The zero-order valence-corrected chi connectivity index (χ0v) is 11.9. The van der Waals surface area contributed by atoms with Gasteiger partial charge in [-0.2, -0.15) is 0 Å². The van der Waals surface area contributed by atoms with Crippen molar-refractivity contribution in [1.82, 2.24) is 9.97 Å². The number of halogens is 1. The Labute approximate surface area is 109 Å². The Kier molecular flexibility index (Phi) is 3.41. The fraction of sp³-hybridized carbons (Fsp3) is 0.667. The minimum atomic E-state index is -0.524. The van der Waals surface area contributed by atoms with Gasteiger partial charge in [0.05, 0.1) is 5.69 Å². The van der Waals surface area contributed by atoms with Crippen LogP contribution in [0.1, 0.15) is 50.5 Å². The lowest BCUT2D eigenvalue weighted by molar-refractivity contribution is -0.00939. The van der Waals surface area contributed by atoms with Crippen molar-refractivity contribution in [2.45, 2.75) is 44.6 Å². The monoisotopic (exact) mass is 300 g/mol. The number of nitrogens with zero attached hydrogens (tertiary/aromatic N) is 1. The summed E-state index contributed by atoms with van der Waals surface area (Å²) in [7, 11) is 1.64. The maximum absolute atomic E-state index is 11.9. The van der Waals surface area contributed by atoms with Gasteiger partial charge in [0.1, 0.15) is 15.9 Å². The van der Waals surface area contributed by atoms with E-state index in [0.29, 0.717) is 16.2 Å². The average molecular weight is 301 g/mol. The van der Waals surface area contributed by atoms with Crippen molar-refractivity contribution >= 4 is 15.9 Å². The van der Waals surface area contributed by atoms with Gasteiger partial charge in [-0.1, -0.05) is 6.92 Å². The number of methoxy groups -OCH3 is 1. The second-order valence-corrected chi connectivity index (χ2v) is 5.47. The van der Waals surface area contributed by atoms with Crippen molar-refractivity contribution in [1.29, 1.82) is 0 Å². The zero-order chi connectivity index (χ0) is 12.6. The van der Waals surface area contributed by atoms with Gasteiger partial charge in [0.2, 0.25) is 0 Å². The van der Waals surface area contributed by atoms with Crippen molar-refractivity contribution in [2.75, 3.05) is 7.11 Å². The fourth-order valence-electron chi connectivity index (χ4n) is 1.76.